The van der Waals surface area contributed by atoms with Crippen molar-refractivity contribution in [3.05, 3.63) is 127 Å². The second kappa shape index (κ2) is 11.2. The number of amidine groups is 1. The summed E-state index contributed by atoms with van der Waals surface area (Å²) in [6.45, 7) is 8.93. The molecule has 1 fully saturated rings. The van der Waals surface area contributed by atoms with Crippen LogP contribution in [0.1, 0.15) is 29.6 Å². The van der Waals surface area contributed by atoms with Crippen molar-refractivity contribution in [3.63, 3.8) is 0 Å². The molecule has 7 heteroatoms. The number of halogens is 1. The number of carbonyl (C=O) groups is 1. The molecule has 4 rings (SSSR count). The molecule has 6 nitrogen and oxygen atoms in total. The van der Waals surface area contributed by atoms with Crippen molar-refractivity contribution in [2.75, 3.05) is 6.54 Å². The van der Waals surface area contributed by atoms with E-state index in [1.165, 1.54) is 12.1 Å². The summed E-state index contributed by atoms with van der Waals surface area (Å²) in [6.07, 6.45) is 11.3. The van der Waals surface area contributed by atoms with Crippen LogP contribution in [0.25, 0.3) is 0 Å². The minimum atomic E-state index is -0.540. The number of aryl methyl sites for hydroxylation is 1. The van der Waals surface area contributed by atoms with Crippen LogP contribution in [0.4, 0.5) is 9.18 Å². The zero-order valence-electron chi connectivity index (χ0n) is 19.4. The number of carbonyl (C=O) groups excluding carboxylic acids is 1. The summed E-state index contributed by atoms with van der Waals surface area (Å²) in [7, 11) is 0. The number of hydrogen-bond donors (Lipinski definition) is 1. The lowest BCUT2D eigenvalue weighted by Crippen LogP contribution is -2.31. The number of rotatable bonds is 10. The number of amides is 2. The van der Waals surface area contributed by atoms with Crippen LogP contribution in [0.5, 0.6) is 0 Å². The highest BCUT2D eigenvalue weighted by Crippen LogP contribution is 2.32. The van der Waals surface area contributed by atoms with Crippen LogP contribution in [0.15, 0.2) is 115 Å². The largest absolute Gasteiger partial charge is 0.337 e. The summed E-state index contributed by atoms with van der Waals surface area (Å²) in [6, 6.07) is 14.9. The number of nitrogens with one attached hydrogen (secondary N) is 1. The van der Waals surface area contributed by atoms with Crippen molar-refractivity contribution in [2.24, 2.45) is 4.99 Å². The number of hydrogen-bond acceptors (Lipinski definition) is 3. The van der Waals surface area contributed by atoms with E-state index in [9.17, 15) is 9.18 Å². The van der Waals surface area contributed by atoms with Crippen LogP contribution in [0, 0.1) is 5.82 Å². The van der Waals surface area contributed by atoms with Gasteiger partial charge in [0.05, 0.1) is 6.33 Å². The molecule has 2 atom stereocenters. The van der Waals surface area contributed by atoms with Gasteiger partial charge in [0.2, 0.25) is 0 Å². The van der Waals surface area contributed by atoms with Gasteiger partial charge in [0.1, 0.15) is 23.7 Å². The Bertz CT molecular complexity index is 1230. The molecule has 0 radical (unpaired) electrons. The minimum absolute atomic E-state index is 0.261. The summed E-state index contributed by atoms with van der Waals surface area (Å²) in [5, 5.41) is 2.95. The van der Waals surface area contributed by atoms with Gasteiger partial charge in [-0.1, -0.05) is 73.9 Å². The fraction of sp³-hybridized carbons (Fsp3) is 0.179. The van der Waals surface area contributed by atoms with Gasteiger partial charge in [-0.05, 0) is 35.3 Å². The lowest BCUT2D eigenvalue weighted by atomic mass is 9.98. The van der Waals surface area contributed by atoms with Crippen molar-refractivity contribution in [1.29, 1.82) is 0 Å². The van der Waals surface area contributed by atoms with Gasteiger partial charge in [0.25, 0.3) is 0 Å². The Morgan fingerprint density at radius 2 is 2.00 bits per heavy atom. The molecule has 2 heterocycles. The molecular formula is C28H28FN5O. The molecule has 35 heavy (non-hydrogen) atoms. The molecule has 1 N–H and O–H groups in total. The van der Waals surface area contributed by atoms with Gasteiger partial charge in [-0.2, -0.15) is 0 Å². The summed E-state index contributed by atoms with van der Waals surface area (Å²) < 4.78 is 16.2. The molecule has 0 saturated carbocycles. The molecule has 0 spiro atoms. The maximum absolute atomic E-state index is 14.2. The van der Waals surface area contributed by atoms with E-state index < -0.39 is 12.1 Å². The van der Waals surface area contributed by atoms with Crippen molar-refractivity contribution in [3.8, 4) is 0 Å². The van der Waals surface area contributed by atoms with Crippen LogP contribution in [-0.2, 0) is 6.54 Å². The van der Waals surface area contributed by atoms with Gasteiger partial charge < -0.3 is 9.47 Å². The highest BCUT2D eigenvalue weighted by Gasteiger charge is 2.38. The third kappa shape index (κ3) is 5.63. The highest BCUT2D eigenvalue weighted by atomic mass is 19.1. The summed E-state index contributed by atoms with van der Waals surface area (Å²) in [5.41, 5.74) is 2.44. The Labute approximate surface area is 204 Å². The van der Waals surface area contributed by atoms with Gasteiger partial charge in [0, 0.05) is 25.5 Å². The number of aliphatic imine (C=N–C) groups is 1. The molecule has 1 saturated heterocycles. The van der Waals surface area contributed by atoms with Crippen molar-refractivity contribution < 1.29 is 9.18 Å². The standard InChI is InChI=1S/C28H28FN5O/c1-3-10-21(4-2)25(22-11-6-5-7-12-22)31-27-26(23-13-8-14-24(29)19-23)34(28(35)32-27)17-9-16-33-18-15-30-20-33/h3-8,10-15,18-20,25-26H,1-2,9,16-17H2,(H,31,32,35)/b21-10+. The third-order valence-corrected chi connectivity index (χ3v) is 5.85. The van der Waals surface area contributed by atoms with E-state index in [1.807, 2.05) is 53.2 Å². The van der Waals surface area contributed by atoms with Crippen LogP contribution in [-0.4, -0.2) is 32.9 Å². The first-order valence-corrected chi connectivity index (χ1v) is 11.5. The average molecular weight is 470 g/mol. The number of aromatic nitrogens is 2. The normalized spacial score (nSPS) is 17.9. The van der Waals surface area contributed by atoms with E-state index in [0.29, 0.717) is 30.9 Å². The first-order valence-electron chi connectivity index (χ1n) is 11.5. The first kappa shape index (κ1) is 23.9. The van der Waals surface area contributed by atoms with Gasteiger partial charge in [-0.25, -0.2) is 14.2 Å². The maximum atomic E-state index is 14.2. The Hall–Kier alpha value is -4.26. The zero-order valence-corrected chi connectivity index (χ0v) is 19.4. The Kier molecular flexibility index (Phi) is 7.67. The average Bonchev–Trinajstić information content (AvgIpc) is 3.49. The van der Waals surface area contributed by atoms with E-state index in [0.717, 1.165) is 11.1 Å². The maximum Gasteiger partial charge on any atom is 0.323 e. The summed E-state index contributed by atoms with van der Waals surface area (Å²) in [4.78, 5) is 23.9. The van der Waals surface area contributed by atoms with Gasteiger partial charge >= 0.3 is 6.03 Å². The summed E-state index contributed by atoms with van der Waals surface area (Å²) >= 11 is 0. The Balaban J connectivity index is 1.72. The monoisotopic (exact) mass is 469 g/mol. The molecule has 1 aromatic heterocycles. The number of urea groups is 1. The summed E-state index contributed by atoms with van der Waals surface area (Å²) in [5.74, 6) is 0.103. The van der Waals surface area contributed by atoms with Crippen molar-refractivity contribution in [2.45, 2.75) is 25.0 Å². The first-order chi connectivity index (χ1) is 17.1. The number of benzene rings is 2. The van der Waals surface area contributed by atoms with E-state index in [1.54, 1.807) is 35.6 Å². The topological polar surface area (TPSA) is 62.5 Å². The smallest absolute Gasteiger partial charge is 0.323 e. The van der Waals surface area contributed by atoms with E-state index in [4.69, 9.17) is 4.99 Å². The number of nitrogens with zero attached hydrogens (tertiary/aromatic N) is 4. The lowest BCUT2D eigenvalue weighted by molar-refractivity contribution is 0.204. The minimum Gasteiger partial charge on any atom is -0.337 e. The van der Waals surface area contributed by atoms with Crippen LogP contribution in [0.3, 0.4) is 0 Å². The fourth-order valence-corrected chi connectivity index (χ4v) is 4.23. The van der Waals surface area contributed by atoms with Crippen molar-refractivity contribution in [1.82, 2.24) is 19.8 Å². The van der Waals surface area contributed by atoms with Crippen LogP contribution < -0.4 is 5.32 Å². The second-order valence-electron chi connectivity index (χ2n) is 8.17. The van der Waals surface area contributed by atoms with Gasteiger partial charge in [-0.3, -0.25) is 10.3 Å². The molecule has 2 amide bonds. The van der Waals surface area contributed by atoms with E-state index in [-0.39, 0.29) is 11.8 Å². The molecule has 2 aromatic carbocycles. The molecule has 3 aromatic rings. The molecule has 178 valence electrons. The highest BCUT2D eigenvalue weighted by molar-refractivity contribution is 6.07. The van der Waals surface area contributed by atoms with Gasteiger partial charge in [-0.15, -0.1) is 0 Å². The predicted octanol–water partition coefficient (Wildman–Crippen LogP) is 5.62. The number of imidazole rings is 1. The van der Waals surface area contributed by atoms with E-state index >= 15 is 0 Å². The Morgan fingerprint density at radius 1 is 1.17 bits per heavy atom. The van der Waals surface area contributed by atoms with E-state index in [2.05, 4.69) is 23.5 Å². The quantitative estimate of drug-likeness (QED) is 0.392. The molecule has 1 aliphatic heterocycles. The molecule has 2 unspecified atom stereocenters. The van der Waals surface area contributed by atoms with Crippen molar-refractivity contribution >= 4 is 11.9 Å². The number of allylic oxidation sites excluding steroid dienone is 2. The molecule has 1 aliphatic rings. The predicted molar refractivity (Wildman–Crippen MR) is 136 cm³/mol. The van der Waals surface area contributed by atoms with Crippen LogP contribution >= 0.6 is 0 Å². The fourth-order valence-electron chi connectivity index (χ4n) is 4.23. The third-order valence-electron chi connectivity index (χ3n) is 5.85. The Morgan fingerprint density at radius 3 is 2.69 bits per heavy atom. The SMILES string of the molecule is C=C/C=C(\C=C)C(N=C1NC(=O)N(CCCn2ccnc2)C1c1cccc(F)c1)c1ccccc1. The second-order valence-corrected chi connectivity index (χ2v) is 8.17. The van der Waals surface area contributed by atoms with Gasteiger partial charge in [0.15, 0.2) is 0 Å². The zero-order chi connectivity index (χ0) is 24.6. The molecule has 0 bridgehead atoms. The molecule has 0 aliphatic carbocycles. The van der Waals surface area contributed by atoms with Crippen LogP contribution in [0.2, 0.25) is 0 Å². The lowest BCUT2D eigenvalue weighted by Gasteiger charge is -2.24. The molecular weight excluding hydrogens is 441 g/mol.